The normalized spacial score (nSPS) is 20.5. The number of hydrogen-bond donors (Lipinski definition) is 1. The number of methoxy groups -OCH3 is 1. The minimum Gasteiger partial charge on any atom is -0.483 e. The van der Waals surface area contributed by atoms with Crippen LogP contribution in [0.1, 0.15) is 40.9 Å². The van der Waals surface area contributed by atoms with Crippen molar-refractivity contribution in [2.45, 2.75) is 32.0 Å². The van der Waals surface area contributed by atoms with Crippen LogP contribution in [0.4, 0.5) is 11.4 Å². The number of hydrogen-bond acceptors (Lipinski definition) is 5. The summed E-state index contributed by atoms with van der Waals surface area (Å²) in [5.74, 6) is 0.385. The Labute approximate surface area is 165 Å². The van der Waals surface area contributed by atoms with E-state index in [1.165, 1.54) is 0 Å². The molecule has 0 radical (unpaired) electrons. The van der Waals surface area contributed by atoms with Crippen LogP contribution in [0.25, 0.3) is 0 Å². The monoisotopic (exact) mass is 381 g/mol. The van der Waals surface area contributed by atoms with Crippen LogP contribution in [0, 0.1) is 0 Å². The largest absolute Gasteiger partial charge is 0.483 e. The van der Waals surface area contributed by atoms with Crippen molar-refractivity contribution in [1.29, 1.82) is 0 Å². The van der Waals surface area contributed by atoms with E-state index in [1.807, 2.05) is 31.3 Å². The Hall–Kier alpha value is -2.73. The number of rotatable bonds is 5. The molecule has 2 aromatic carbocycles. The third-order valence-corrected chi connectivity index (χ3v) is 5.91. The third-order valence-electron chi connectivity index (χ3n) is 5.91. The Kier molecular flexibility index (Phi) is 4.89. The summed E-state index contributed by atoms with van der Waals surface area (Å²) in [6.45, 7) is 3.51. The van der Waals surface area contributed by atoms with Gasteiger partial charge in [0.2, 0.25) is 5.91 Å². The Bertz CT molecular complexity index is 884. The van der Waals surface area contributed by atoms with Gasteiger partial charge in [-0.1, -0.05) is 30.3 Å². The van der Waals surface area contributed by atoms with Crippen LogP contribution in [0.2, 0.25) is 0 Å². The lowest BCUT2D eigenvalue weighted by Crippen LogP contribution is -2.40. The van der Waals surface area contributed by atoms with Crippen LogP contribution in [0.3, 0.4) is 0 Å². The average Bonchev–Trinajstić information content (AvgIpc) is 2.96. The molecule has 0 saturated heterocycles. The summed E-state index contributed by atoms with van der Waals surface area (Å²) in [7, 11) is 3.74. The van der Waals surface area contributed by atoms with Crippen molar-refractivity contribution in [1.82, 2.24) is 0 Å². The number of carbonyl (C=O) groups is 1. The summed E-state index contributed by atoms with van der Waals surface area (Å²) in [5, 5.41) is 0. The number of benzene rings is 2. The minimum absolute atomic E-state index is 0.0357. The number of nitrogens with two attached hydrogens (primary N) is 1. The predicted octanol–water partition coefficient (Wildman–Crippen LogP) is 3.10. The molecule has 148 valence electrons. The number of amides is 1. The first-order chi connectivity index (χ1) is 13.5. The molecule has 4 rings (SSSR count). The van der Waals surface area contributed by atoms with Gasteiger partial charge in [0.25, 0.3) is 0 Å². The summed E-state index contributed by atoms with van der Waals surface area (Å²) < 4.78 is 11.9. The first-order valence-electron chi connectivity index (χ1n) is 9.72. The molecular formula is C22H27N3O3. The lowest BCUT2D eigenvalue weighted by molar-refractivity contribution is 0.0996. The van der Waals surface area contributed by atoms with E-state index < -0.39 is 5.91 Å². The molecule has 2 N–H and O–H groups in total. The molecule has 2 atom stereocenters. The van der Waals surface area contributed by atoms with Gasteiger partial charge in [-0.3, -0.25) is 4.79 Å². The molecule has 6 heteroatoms. The minimum atomic E-state index is -0.405. The van der Waals surface area contributed by atoms with Crippen LogP contribution in [0.5, 0.6) is 5.75 Å². The second kappa shape index (κ2) is 7.36. The summed E-state index contributed by atoms with van der Waals surface area (Å²) in [5.41, 5.74) is 10.4. The second-order valence-electron chi connectivity index (χ2n) is 7.45. The molecule has 2 unspecified atom stereocenters. The molecule has 1 amide bonds. The Morgan fingerprint density at radius 1 is 1.32 bits per heavy atom. The van der Waals surface area contributed by atoms with E-state index in [9.17, 15) is 4.79 Å². The van der Waals surface area contributed by atoms with Crippen molar-refractivity contribution in [3.8, 4) is 5.75 Å². The summed E-state index contributed by atoms with van der Waals surface area (Å²) in [6.07, 6.45) is 1.68. The first-order valence-corrected chi connectivity index (χ1v) is 9.72. The summed E-state index contributed by atoms with van der Waals surface area (Å²) >= 11 is 0. The Balaban J connectivity index is 1.83. The van der Waals surface area contributed by atoms with Gasteiger partial charge in [0.05, 0.1) is 18.5 Å². The number of ether oxygens (including phenoxy) is 2. The lowest BCUT2D eigenvalue weighted by Gasteiger charge is -2.32. The van der Waals surface area contributed by atoms with E-state index in [1.54, 1.807) is 7.11 Å². The summed E-state index contributed by atoms with van der Waals surface area (Å²) in [4.78, 5) is 16.6. The van der Waals surface area contributed by atoms with Gasteiger partial charge in [0.15, 0.2) is 0 Å². The van der Waals surface area contributed by atoms with E-state index in [-0.39, 0.29) is 12.3 Å². The smallest absolute Gasteiger partial charge is 0.249 e. The zero-order chi connectivity index (χ0) is 19.8. The van der Waals surface area contributed by atoms with E-state index in [0.29, 0.717) is 12.2 Å². The average molecular weight is 381 g/mol. The second-order valence-corrected chi connectivity index (χ2v) is 7.45. The molecule has 2 aromatic rings. The topological polar surface area (TPSA) is 68.0 Å². The van der Waals surface area contributed by atoms with Gasteiger partial charge in [-0.2, -0.15) is 0 Å². The molecule has 0 fully saturated rings. The zero-order valence-electron chi connectivity index (χ0n) is 16.6. The molecule has 2 heterocycles. The van der Waals surface area contributed by atoms with Gasteiger partial charge in [-0.25, -0.2) is 0 Å². The van der Waals surface area contributed by atoms with E-state index in [4.69, 9.17) is 15.2 Å². The maximum absolute atomic E-state index is 12.2. The fourth-order valence-corrected chi connectivity index (χ4v) is 4.28. The molecule has 2 aliphatic rings. The van der Waals surface area contributed by atoms with E-state index >= 15 is 0 Å². The van der Waals surface area contributed by atoms with Crippen LogP contribution >= 0.6 is 0 Å². The molecule has 0 spiro atoms. The highest BCUT2D eigenvalue weighted by Crippen LogP contribution is 2.52. The maximum atomic E-state index is 12.2. The quantitative estimate of drug-likeness (QED) is 0.862. The molecule has 0 aliphatic carbocycles. The number of carbonyl (C=O) groups excluding carboxylic acids is 1. The SMILES string of the molecule is COCCN1c2c(cc(C(N)=O)c3c2OC(c2ccccc2)CC3)N(C)C1C. The number of fused-ring (bicyclic) bond motifs is 3. The molecule has 2 aliphatic heterocycles. The fraction of sp³-hybridized carbons (Fsp3) is 0.409. The number of primary amides is 1. The first kappa shape index (κ1) is 18.6. The van der Waals surface area contributed by atoms with E-state index in [0.717, 1.165) is 47.6 Å². The highest BCUT2D eigenvalue weighted by molar-refractivity contribution is 6.00. The van der Waals surface area contributed by atoms with E-state index in [2.05, 4.69) is 28.9 Å². The molecule has 0 bridgehead atoms. The Morgan fingerprint density at radius 3 is 2.75 bits per heavy atom. The third kappa shape index (κ3) is 2.98. The van der Waals surface area contributed by atoms with Crippen molar-refractivity contribution in [3.05, 3.63) is 53.1 Å². The molecule has 0 aromatic heterocycles. The molecule has 6 nitrogen and oxygen atoms in total. The molecule has 0 saturated carbocycles. The van der Waals surface area contributed by atoms with Gasteiger partial charge >= 0.3 is 0 Å². The van der Waals surface area contributed by atoms with Crippen molar-refractivity contribution >= 4 is 17.3 Å². The van der Waals surface area contributed by atoms with Crippen LogP contribution in [-0.4, -0.2) is 39.4 Å². The molecular weight excluding hydrogens is 354 g/mol. The highest BCUT2D eigenvalue weighted by atomic mass is 16.5. The zero-order valence-corrected chi connectivity index (χ0v) is 16.6. The predicted molar refractivity (Wildman–Crippen MR) is 110 cm³/mol. The van der Waals surface area contributed by atoms with Gasteiger partial charge in [-0.15, -0.1) is 0 Å². The van der Waals surface area contributed by atoms with Crippen molar-refractivity contribution in [2.24, 2.45) is 5.73 Å². The lowest BCUT2D eigenvalue weighted by atomic mass is 9.92. The standard InChI is InChI=1S/C22H27N3O3/c1-14-24(2)18-13-17(22(23)26)16-9-10-19(15-7-5-4-6-8-15)28-21(16)20(18)25(14)11-12-27-3/h4-8,13-14,19H,9-12H2,1-3H3,(H2,23,26). The maximum Gasteiger partial charge on any atom is 0.249 e. The van der Waals surface area contributed by atoms with Crippen LogP contribution < -0.4 is 20.3 Å². The van der Waals surface area contributed by atoms with Crippen LogP contribution in [0.15, 0.2) is 36.4 Å². The number of anilines is 2. The number of nitrogens with zero attached hydrogens (tertiary/aromatic N) is 2. The fourth-order valence-electron chi connectivity index (χ4n) is 4.28. The van der Waals surface area contributed by atoms with Crippen molar-refractivity contribution < 1.29 is 14.3 Å². The summed E-state index contributed by atoms with van der Waals surface area (Å²) in [6, 6.07) is 12.2. The van der Waals surface area contributed by atoms with Gasteiger partial charge in [0, 0.05) is 31.8 Å². The van der Waals surface area contributed by atoms with Crippen LogP contribution in [-0.2, 0) is 11.2 Å². The van der Waals surface area contributed by atoms with Gasteiger partial charge in [-0.05, 0) is 31.4 Å². The highest BCUT2D eigenvalue weighted by Gasteiger charge is 2.38. The van der Waals surface area contributed by atoms with Gasteiger partial charge in [0.1, 0.15) is 17.5 Å². The Morgan fingerprint density at radius 2 is 2.07 bits per heavy atom. The van der Waals surface area contributed by atoms with Crippen molar-refractivity contribution in [2.75, 3.05) is 37.1 Å². The molecule has 28 heavy (non-hydrogen) atoms. The van der Waals surface area contributed by atoms with Gasteiger partial charge < -0.3 is 25.0 Å². The van der Waals surface area contributed by atoms with Crippen molar-refractivity contribution in [3.63, 3.8) is 0 Å².